The van der Waals surface area contributed by atoms with Crippen LogP contribution in [0.2, 0.25) is 0 Å². The van der Waals surface area contributed by atoms with Crippen molar-refractivity contribution in [1.82, 2.24) is 10.2 Å². The van der Waals surface area contributed by atoms with Gasteiger partial charge in [0.25, 0.3) is 5.56 Å². The molecule has 1 aromatic rings. The van der Waals surface area contributed by atoms with E-state index < -0.39 is 0 Å². The highest BCUT2D eigenvalue weighted by atomic mass is 16.5. The largest absolute Gasteiger partial charge is 0.492 e. The molecule has 1 aliphatic carbocycles. The monoisotopic (exact) mass is 194 g/mol. The molecular formula is C10H14N2O2. The van der Waals surface area contributed by atoms with E-state index in [1.165, 1.54) is 31.5 Å². The maximum atomic E-state index is 10.9. The molecule has 0 unspecified atom stereocenters. The normalized spacial score (nSPS) is 16.3. The lowest BCUT2D eigenvalue weighted by Crippen LogP contribution is -2.15. The smallest absolute Gasteiger partial charge is 0.267 e. The van der Waals surface area contributed by atoms with Gasteiger partial charge in [0.05, 0.1) is 12.8 Å². The summed E-state index contributed by atoms with van der Waals surface area (Å²) in [5.74, 6) is 1.40. The average Bonchev–Trinajstić information content (AvgIpc) is 2.09. The molecule has 1 heterocycles. The van der Waals surface area contributed by atoms with Crippen molar-refractivity contribution >= 4 is 0 Å². The molecule has 0 atom stereocenters. The van der Waals surface area contributed by atoms with Gasteiger partial charge in [-0.25, -0.2) is 5.10 Å². The molecule has 0 saturated heterocycles. The maximum absolute atomic E-state index is 10.9. The first-order valence-electron chi connectivity index (χ1n) is 5.02. The molecule has 1 N–H and O–H groups in total. The number of ether oxygens (including phenoxy) is 1. The number of hydrogen-bond donors (Lipinski definition) is 1. The standard InChI is InChI=1S/C10H14N2O2/c13-10-6-9(7-11-12-10)14-5-4-8-2-1-3-8/h6-8H,1-5H2,(H,12,13). The Morgan fingerprint density at radius 1 is 1.57 bits per heavy atom. The molecule has 4 heteroatoms. The summed E-state index contributed by atoms with van der Waals surface area (Å²) >= 11 is 0. The van der Waals surface area contributed by atoms with Gasteiger partial charge >= 0.3 is 0 Å². The van der Waals surface area contributed by atoms with Gasteiger partial charge in [0.2, 0.25) is 0 Å². The van der Waals surface area contributed by atoms with Crippen molar-refractivity contribution in [2.75, 3.05) is 6.61 Å². The van der Waals surface area contributed by atoms with Crippen LogP contribution in [0.25, 0.3) is 0 Å². The second-order valence-corrected chi connectivity index (χ2v) is 3.72. The third-order valence-corrected chi connectivity index (χ3v) is 2.66. The van der Waals surface area contributed by atoms with Gasteiger partial charge in [-0.05, 0) is 12.3 Å². The number of hydrogen-bond acceptors (Lipinski definition) is 3. The highest BCUT2D eigenvalue weighted by molar-refractivity contribution is 5.12. The van der Waals surface area contributed by atoms with Crippen LogP contribution in [0.4, 0.5) is 0 Å². The first kappa shape index (κ1) is 9.24. The van der Waals surface area contributed by atoms with Crippen LogP contribution in [0.5, 0.6) is 5.75 Å². The zero-order valence-corrected chi connectivity index (χ0v) is 8.03. The van der Waals surface area contributed by atoms with Gasteiger partial charge in [-0.2, -0.15) is 5.10 Å². The molecule has 1 aliphatic rings. The van der Waals surface area contributed by atoms with E-state index >= 15 is 0 Å². The van der Waals surface area contributed by atoms with Gasteiger partial charge < -0.3 is 4.74 Å². The third-order valence-electron chi connectivity index (χ3n) is 2.66. The Kier molecular flexibility index (Phi) is 2.81. The average molecular weight is 194 g/mol. The number of aromatic nitrogens is 2. The highest BCUT2D eigenvalue weighted by Gasteiger charge is 2.16. The Morgan fingerprint density at radius 2 is 2.43 bits per heavy atom. The number of H-pyrrole nitrogens is 1. The summed E-state index contributed by atoms with van der Waals surface area (Å²) in [5, 5.41) is 5.96. The quantitative estimate of drug-likeness (QED) is 0.786. The fourth-order valence-electron chi connectivity index (χ4n) is 1.56. The topological polar surface area (TPSA) is 55.0 Å². The second-order valence-electron chi connectivity index (χ2n) is 3.72. The van der Waals surface area contributed by atoms with Crippen LogP contribution in [0.1, 0.15) is 25.7 Å². The lowest BCUT2D eigenvalue weighted by atomic mass is 9.83. The van der Waals surface area contributed by atoms with Gasteiger partial charge in [-0.1, -0.05) is 19.3 Å². The fourth-order valence-corrected chi connectivity index (χ4v) is 1.56. The van der Waals surface area contributed by atoms with E-state index in [1.54, 1.807) is 0 Å². The lowest BCUT2D eigenvalue weighted by Gasteiger charge is -2.24. The van der Waals surface area contributed by atoms with E-state index in [2.05, 4.69) is 10.2 Å². The molecule has 0 bridgehead atoms. The molecule has 0 aliphatic heterocycles. The SMILES string of the molecule is O=c1cc(OCCC2CCC2)cn[nH]1. The first-order valence-corrected chi connectivity index (χ1v) is 5.02. The van der Waals surface area contributed by atoms with Gasteiger partial charge in [-0.15, -0.1) is 0 Å². The summed E-state index contributed by atoms with van der Waals surface area (Å²) < 4.78 is 5.41. The van der Waals surface area contributed by atoms with Crippen LogP contribution in [-0.2, 0) is 0 Å². The summed E-state index contributed by atoms with van der Waals surface area (Å²) in [5.41, 5.74) is -0.217. The summed E-state index contributed by atoms with van der Waals surface area (Å²) in [6.07, 6.45) is 6.64. The Balaban J connectivity index is 1.76. The first-order chi connectivity index (χ1) is 6.84. The van der Waals surface area contributed by atoms with Crippen molar-refractivity contribution in [2.24, 2.45) is 5.92 Å². The zero-order chi connectivity index (χ0) is 9.80. The summed E-state index contributed by atoms with van der Waals surface area (Å²) in [6.45, 7) is 0.690. The van der Waals surface area contributed by atoms with E-state index in [-0.39, 0.29) is 5.56 Å². The van der Waals surface area contributed by atoms with E-state index in [0.29, 0.717) is 12.4 Å². The molecule has 2 rings (SSSR count). The van der Waals surface area contributed by atoms with Crippen LogP contribution >= 0.6 is 0 Å². The lowest BCUT2D eigenvalue weighted by molar-refractivity contribution is 0.221. The maximum Gasteiger partial charge on any atom is 0.267 e. The number of nitrogens with one attached hydrogen (secondary N) is 1. The van der Waals surface area contributed by atoms with E-state index in [9.17, 15) is 4.79 Å². The van der Waals surface area contributed by atoms with Crippen molar-refractivity contribution in [3.8, 4) is 5.75 Å². The van der Waals surface area contributed by atoms with Crippen LogP contribution in [-0.4, -0.2) is 16.8 Å². The Hall–Kier alpha value is -1.32. The minimum atomic E-state index is -0.217. The van der Waals surface area contributed by atoms with Gasteiger partial charge in [0.15, 0.2) is 0 Å². The Labute approximate surface area is 82.3 Å². The van der Waals surface area contributed by atoms with Gasteiger partial charge in [0.1, 0.15) is 5.75 Å². The molecular weight excluding hydrogens is 180 g/mol. The van der Waals surface area contributed by atoms with Crippen molar-refractivity contribution < 1.29 is 4.74 Å². The van der Waals surface area contributed by atoms with Crippen molar-refractivity contribution in [2.45, 2.75) is 25.7 Å². The third kappa shape index (κ3) is 2.34. The van der Waals surface area contributed by atoms with Crippen LogP contribution in [0.15, 0.2) is 17.1 Å². The van der Waals surface area contributed by atoms with E-state index in [0.717, 1.165) is 12.3 Å². The van der Waals surface area contributed by atoms with Crippen LogP contribution in [0, 0.1) is 5.92 Å². The predicted molar refractivity (Wildman–Crippen MR) is 52.3 cm³/mol. The summed E-state index contributed by atoms with van der Waals surface area (Å²) in [4.78, 5) is 10.9. The molecule has 76 valence electrons. The number of aromatic amines is 1. The Bertz CT molecular complexity index is 344. The molecule has 14 heavy (non-hydrogen) atoms. The molecule has 1 aromatic heterocycles. The molecule has 4 nitrogen and oxygen atoms in total. The molecule has 0 aromatic carbocycles. The highest BCUT2D eigenvalue weighted by Crippen LogP contribution is 2.29. The van der Waals surface area contributed by atoms with Crippen LogP contribution < -0.4 is 10.3 Å². The number of nitrogens with zero attached hydrogens (tertiary/aromatic N) is 1. The minimum absolute atomic E-state index is 0.217. The minimum Gasteiger partial charge on any atom is -0.492 e. The van der Waals surface area contributed by atoms with Gasteiger partial charge in [0, 0.05) is 6.07 Å². The van der Waals surface area contributed by atoms with E-state index in [4.69, 9.17) is 4.74 Å². The Morgan fingerprint density at radius 3 is 3.07 bits per heavy atom. The zero-order valence-electron chi connectivity index (χ0n) is 8.03. The molecule has 0 spiro atoms. The van der Waals surface area contributed by atoms with Crippen molar-refractivity contribution in [3.05, 3.63) is 22.6 Å². The fraction of sp³-hybridized carbons (Fsp3) is 0.600. The molecule has 1 fully saturated rings. The molecule has 0 amide bonds. The predicted octanol–water partition coefficient (Wildman–Crippen LogP) is 1.34. The second kappa shape index (κ2) is 4.26. The van der Waals surface area contributed by atoms with Crippen LogP contribution in [0.3, 0.4) is 0 Å². The summed E-state index contributed by atoms with van der Waals surface area (Å²) in [7, 11) is 0. The van der Waals surface area contributed by atoms with Crippen molar-refractivity contribution in [3.63, 3.8) is 0 Å². The summed E-state index contributed by atoms with van der Waals surface area (Å²) in [6, 6.07) is 1.42. The van der Waals surface area contributed by atoms with E-state index in [1.807, 2.05) is 0 Å². The molecule has 0 radical (unpaired) electrons. The molecule has 1 saturated carbocycles. The number of rotatable bonds is 4. The van der Waals surface area contributed by atoms with Crippen molar-refractivity contribution in [1.29, 1.82) is 0 Å². The van der Waals surface area contributed by atoms with Gasteiger partial charge in [-0.3, -0.25) is 4.79 Å².